The summed E-state index contributed by atoms with van der Waals surface area (Å²) in [5.74, 6) is 5.71. The molecule has 4 heteroatoms. The highest BCUT2D eigenvalue weighted by atomic mass is 19.1. The molecule has 0 aliphatic carbocycles. The molecule has 0 amide bonds. The van der Waals surface area contributed by atoms with Crippen molar-refractivity contribution in [3.05, 3.63) is 29.6 Å². The van der Waals surface area contributed by atoms with Crippen LogP contribution in [0.3, 0.4) is 0 Å². The van der Waals surface area contributed by atoms with Crippen molar-refractivity contribution in [2.45, 2.75) is 26.8 Å². The highest BCUT2D eigenvalue weighted by Gasteiger charge is 2.30. The molecular weight excluding hydrogens is 207 g/mol. The van der Waals surface area contributed by atoms with Gasteiger partial charge in [0.25, 0.3) is 0 Å². The highest BCUT2D eigenvalue weighted by Crippen LogP contribution is 2.38. The number of hydrogen-bond acceptors (Lipinski definition) is 3. The quantitative estimate of drug-likeness (QED) is 0.614. The van der Waals surface area contributed by atoms with E-state index in [1.807, 2.05) is 20.8 Å². The van der Waals surface area contributed by atoms with Crippen molar-refractivity contribution in [2.75, 3.05) is 7.11 Å². The van der Waals surface area contributed by atoms with Gasteiger partial charge in [-0.05, 0) is 17.5 Å². The van der Waals surface area contributed by atoms with Crippen LogP contribution in [0.2, 0.25) is 0 Å². The number of halogens is 1. The fraction of sp³-hybridized carbons (Fsp3) is 0.500. The average Bonchev–Trinajstić information content (AvgIpc) is 2.19. The third-order valence-electron chi connectivity index (χ3n) is 2.55. The summed E-state index contributed by atoms with van der Waals surface area (Å²) in [4.78, 5) is 0. The monoisotopic (exact) mass is 226 g/mol. The Kier molecular flexibility index (Phi) is 3.88. The minimum absolute atomic E-state index is 0.204. The van der Waals surface area contributed by atoms with Crippen LogP contribution in [0.4, 0.5) is 4.39 Å². The van der Waals surface area contributed by atoms with E-state index >= 15 is 0 Å². The molecule has 1 atom stereocenters. The number of nitrogens with two attached hydrogens (primary N) is 1. The number of hydrazine groups is 1. The Labute approximate surface area is 95.8 Å². The van der Waals surface area contributed by atoms with Crippen LogP contribution < -0.4 is 16.0 Å². The zero-order chi connectivity index (χ0) is 12.3. The van der Waals surface area contributed by atoms with Gasteiger partial charge < -0.3 is 4.74 Å². The van der Waals surface area contributed by atoms with Gasteiger partial charge in [0.05, 0.1) is 13.2 Å². The molecule has 0 radical (unpaired) electrons. The average molecular weight is 226 g/mol. The van der Waals surface area contributed by atoms with Crippen molar-refractivity contribution in [3.8, 4) is 5.75 Å². The fourth-order valence-corrected chi connectivity index (χ4v) is 1.74. The topological polar surface area (TPSA) is 47.3 Å². The summed E-state index contributed by atoms with van der Waals surface area (Å²) in [6, 6.07) is 4.46. The van der Waals surface area contributed by atoms with E-state index in [1.54, 1.807) is 12.1 Å². The lowest BCUT2D eigenvalue weighted by atomic mass is 9.82. The molecule has 3 nitrogen and oxygen atoms in total. The van der Waals surface area contributed by atoms with E-state index in [1.165, 1.54) is 13.2 Å². The number of hydrogen-bond donors (Lipinski definition) is 2. The number of ether oxygens (including phenoxy) is 1. The van der Waals surface area contributed by atoms with Crippen molar-refractivity contribution >= 4 is 0 Å². The van der Waals surface area contributed by atoms with Crippen LogP contribution in [0.25, 0.3) is 0 Å². The molecule has 1 unspecified atom stereocenters. The van der Waals surface area contributed by atoms with Crippen LogP contribution in [0.5, 0.6) is 5.75 Å². The molecule has 0 heterocycles. The lowest BCUT2D eigenvalue weighted by molar-refractivity contribution is 0.260. The van der Waals surface area contributed by atoms with Gasteiger partial charge in [-0.3, -0.25) is 11.3 Å². The Balaban J connectivity index is 3.29. The predicted octanol–water partition coefficient (Wildman–Crippen LogP) is 2.38. The number of rotatable bonds is 3. The smallest absolute Gasteiger partial charge is 0.131 e. The maximum absolute atomic E-state index is 13.8. The third kappa shape index (κ3) is 2.51. The first kappa shape index (κ1) is 12.9. The number of nitrogens with one attached hydrogen (secondary N) is 1. The molecule has 0 saturated heterocycles. The molecule has 0 saturated carbocycles. The maximum Gasteiger partial charge on any atom is 0.131 e. The molecular formula is C12H19FN2O. The summed E-state index contributed by atoms with van der Waals surface area (Å²) in [5.41, 5.74) is 2.92. The minimum atomic E-state index is -0.308. The fourth-order valence-electron chi connectivity index (χ4n) is 1.74. The van der Waals surface area contributed by atoms with Crippen molar-refractivity contribution in [2.24, 2.45) is 11.3 Å². The summed E-state index contributed by atoms with van der Waals surface area (Å²) in [5, 5.41) is 0. The second-order valence-corrected chi connectivity index (χ2v) is 4.82. The van der Waals surface area contributed by atoms with Crippen LogP contribution in [-0.2, 0) is 0 Å². The molecule has 0 aliphatic heterocycles. The molecule has 1 aromatic carbocycles. The molecule has 90 valence electrons. The van der Waals surface area contributed by atoms with Crippen molar-refractivity contribution in [1.82, 2.24) is 5.43 Å². The molecule has 16 heavy (non-hydrogen) atoms. The summed E-state index contributed by atoms with van der Waals surface area (Å²) in [6.07, 6.45) is 0. The maximum atomic E-state index is 13.8. The van der Waals surface area contributed by atoms with Gasteiger partial charge in [0, 0.05) is 5.56 Å². The number of benzene rings is 1. The summed E-state index contributed by atoms with van der Waals surface area (Å²) in [7, 11) is 1.52. The van der Waals surface area contributed by atoms with Crippen molar-refractivity contribution in [1.29, 1.82) is 0 Å². The first-order valence-electron chi connectivity index (χ1n) is 5.20. The minimum Gasteiger partial charge on any atom is -0.496 e. The van der Waals surface area contributed by atoms with Gasteiger partial charge in [-0.25, -0.2) is 4.39 Å². The number of methoxy groups -OCH3 is 1. The second-order valence-electron chi connectivity index (χ2n) is 4.82. The molecule has 0 spiro atoms. The molecule has 0 aliphatic rings. The SMILES string of the molecule is COc1cccc(F)c1C(NN)C(C)(C)C. The summed E-state index contributed by atoms with van der Waals surface area (Å²) >= 11 is 0. The van der Waals surface area contributed by atoms with E-state index < -0.39 is 0 Å². The molecule has 1 rings (SSSR count). The highest BCUT2D eigenvalue weighted by molar-refractivity contribution is 5.38. The second kappa shape index (κ2) is 4.80. The first-order valence-corrected chi connectivity index (χ1v) is 5.20. The van der Waals surface area contributed by atoms with Crippen LogP contribution in [0, 0.1) is 11.2 Å². The Bertz CT molecular complexity index is 361. The van der Waals surface area contributed by atoms with Crippen LogP contribution in [0.1, 0.15) is 32.4 Å². The molecule has 1 aromatic rings. The Morgan fingerprint density at radius 2 is 2.00 bits per heavy atom. The zero-order valence-corrected chi connectivity index (χ0v) is 10.2. The van der Waals surface area contributed by atoms with E-state index in [0.717, 1.165) is 0 Å². The van der Waals surface area contributed by atoms with Gasteiger partial charge in [-0.15, -0.1) is 0 Å². The van der Waals surface area contributed by atoms with Crippen LogP contribution in [-0.4, -0.2) is 7.11 Å². The summed E-state index contributed by atoms with van der Waals surface area (Å²) in [6.45, 7) is 5.97. The van der Waals surface area contributed by atoms with E-state index in [9.17, 15) is 4.39 Å². The Hall–Kier alpha value is -1.13. The van der Waals surface area contributed by atoms with E-state index in [4.69, 9.17) is 10.6 Å². The third-order valence-corrected chi connectivity index (χ3v) is 2.55. The van der Waals surface area contributed by atoms with Gasteiger partial charge in [-0.1, -0.05) is 26.8 Å². The molecule has 0 aromatic heterocycles. The molecule has 0 bridgehead atoms. The first-order chi connectivity index (χ1) is 7.41. The van der Waals surface area contributed by atoms with Gasteiger partial charge >= 0.3 is 0 Å². The van der Waals surface area contributed by atoms with E-state index in [2.05, 4.69) is 5.43 Å². The lowest BCUT2D eigenvalue weighted by Gasteiger charge is -2.31. The van der Waals surface area contributed by atoms with E-state index in [0.29, 0.717) is 11.3 Å². The zero-order valence-electron chi connectivity index (χ0n) is 10.2. The van der Waals surface area contributed by atoms with E-state index in [-0.39, 0.29) is 17.3 Å². The van der Waals surface area contributed by atoms with Gasteiger partial charge in [0.1, 0.15) is 11.6 Å². The Morgan fingerprint density at radius 1 is 1.38 bits per heavy atom. The Morgan fingerprint density at radius 3 is 2.44 bits per heavy atom. The van der Waals surface area contributed by atoms with Gasteiger partial charge in [-0.2, -0.15) is 0 Å². The van der Waals surface area contributed by atoms with Gasteiger partial charge in [0.2, 0.25) is 0 Å². The van der Waals surface area contributed by atoms with Gasteiger partial charge in [0.15, 0.2) is 0 Å². The largest absolute Gasteiger partial charge is 0.496 e. The molecule has 3 N–H and O–H groups in total. The van der Waals surface area contributed by atoms with Crippen LogP contribution >= 0.6 is 0 Å². The van der Waals surface area contributed by atoms with Crippen molar-refractivity contribution in [3.63, 3.8) is 0 Å². The summed E-state index contributed by atoms with van der Waals surface area (Å²) < 4.78 is 19.0. The van der Waals surface area contributed by atoms with Crippen LogP contribution in [0.15, 0.2) is 18.2 Å². The molecule has 0 fully saturated rings. The predicted molar refractivity (Wildman–Crippen MR) is 62.5 cm³/mol. The normalized spacial score (nSPS) is 13.6. The standard InChI is InChI=1S/C12H19FN2O/c1-12(2,3)11(15-14)10-8(13)6-5-7-9(10)16-4/h5-7,11,15H,14H2,1-4H3. The van der Waals surface area contributed by atoms with Crippen molar-refractivity contribution < 1.29 is 9.13 Å². The lowest BCUT2D eigenvalue weighted by Crippen LogP contribution is -2.37.